The summed E-state index contributed by atoms with van der Waals surface area (Å²) < 4.78 is 0. The van der Waals surface area contributed by atoms with Crippen LogP contribution in [0.5, 0.6) is 0 Å². The van der Waals surface area contributed by atoms with Crippen molar-refractivity contribution in [1.29, 1.82) is 0 Å². The third kappa shape index (κ3) is 2.68. The third-order valence-corrected chi connectivity index (χ3v) is 4.80. The van der Waals surface area contributed by atoms with E-state index < -0.39 is 5.41 Å². The van der Waals surface area contributed by atoms with Crippen LogP contribution in [0.2, 0.25) is 15.1 Å². The number of nitrogens with two attached hydrogens (primary N) is 1. The Morgan fingerprint density at radius 1 is 1.21 bits per heavy atom. The summed E-state index contributed by atoms with van der Waals surface area (Å²) in [5, 5.41) is 3.69. The second kappa shape index (κ2) is 5.44. The molecule has 102 valence electrons. The van der Waals surface area contributed by atoms with Gasteiger partial charge in [0.25, 0.3) is 0 Å². The highest BCUT2D eigenvalue weighted by atomic mass is 35.5. The Kier molecular flexibility index (Phi) is 4.26. The highest BCUT2D eigenvalue weighted by Crippen LogP contribution is 2.43. The molecule has 1 fully saturated rings. The van der Waals surface area contributed by atoms with Crippen molar-refractivity contribution in [2.24, 2.45) is 11.1 Å². The number of carbonyl (C=O) groups is 1. The van der Waals surface area contributed by atoms with Gasteiger partial charge in [-0.15, -0.1) is 0 Å². The van der Waals surface area contributed by atoms with E-state index in [1.54, 1.807) is 0 Å². The maximum absolute atomic E-state index is 12.3. The van der Waals surface area contributed by atoms with Crippen LogP contribution in [0.3, 0.4) is 0 Å². The molecule has 1 amide bonds. The van der Waals surface area contributed by atoms with E-state index in [-0.39, 0.29) is 10.9 Å². The van der Waals surface area contributed by atoms with E-state index in [2.05, 4.69) is 5.32 Å². The van der Waals surface area contributed by atoms with Crippen molar-refractivity contribution in [2.45, 2.75) is 19.3 Å². The lowest BCUT2D eigenvalue weighted by molar-refractivity contribution is -0.125. The van der Waals surface area contributed by atoms with E-state index in [0.717, 1.165) is 6.42 Å². The lowest BCUT2D eigenvalue weighted by atomic mass is 9.68. The zero-order valence-corrected chi connectivity index (χ0v) is 12.9. The molecule has 19 heavy (non-hydrogen) atoms. The topological polar surface area (TPSA) is 55.1 Å². The molecule has 7 heteroatoms. The Morgan fingerprint density at radius 3 is 2.26 bits per heavy atom. The second-order valence-corrected chi connectivity index (χ2v) is 6.16. The molecular formula is C12H11Cl3N2OS. The van der Waals surface area contributed by atoms with E-state index in [0.29, 0.717) is 33.6 Å². The Hall–Kier alpha value is -0.550. The molecule has 0 spiro atoms. The average molecular weight is 338 g/mol. The maximum atomic E-state index is 12.3. The van der Waals surface area contributed by atoms with Gasteiger partial charge < -0.3 is 11.1 Å². The molecule has 2 rings (SSSR count). The first-order chi connectivity index (χ1) is 8.86. The van der Waals surface area contributed by atoms with E-state index in [1.165, 1.54) is 12.1 Å². The Morgan fingerprint density at radius 2 is 1.79 bits per heavy atom. The standard InChI is InChI=1S/C12H11Cl3N2OS/c13-6-4-8(15)9(5-7(6)14)17-11(18)12(10(16)19)2-1-3-12/h4-5H,1-3H2,(H2,16,19)(H,17,18). The van der Waals surface area contributed by atoms with Crippen LogP contribution in [-0.2, 0) is 4.79 Å². The van der Waals surface area contributed by atoms with E-state index >= 15 is 0 Å². The van der Waals surface area contributed by atoms with Gasteiger partial charge >= 0.3 is 0 Å². The van der Waals surface area contributed by atoms with Crippen molar-refractivity contribution >= 4 is 63.6 Å². The molecule has 0 atom stereocenters. The number of halogens is 3. The zero-order valence-electron chi connectivity index (χ0n) is 9.80. The van der Waals surface area contributed by atoms with Gasteiger partial charge in [0.05, 0.1) is 31.2 Å². The van der Waals surface area contributed by atoms with Crippen molar-refractivity contribution < 1.29 is 4.79 Å². The minimum Gasteiger partial charge on any atom is -0.392 e. The summed E-state index contributed by atoms with van der Waals surface area (Å²) in [7, 11) is 0. The van der Waals surface area contributed by atoms with Crippen LogP contribution in [0.15, 0.2) is 12.1 Å². The normalized spacial score (nSPS) is 16.6. The van der Waals surface area contributed by atoms with Crippen LogP contribution in [0.1, 0.15) is 19.3 Å². The molecule has 1 aromatic carbocycles. The lowest BCUT2D eigenvalue weighted by Gasteiger charge is -2.39. The largest absolute Gasteiger partial charge is 0.392 e. The van der Waals surface area contributed by atoms with Gasteiger partial charge in [0, 0.05) is 0 Å². The first kappa shape index (κ1) is 14.9. The summed E-state index contributed by atoms with van der Waals surface area (Å²) in [6, 6.07) is 2.99. The smallest absolute Gasteiger partial charge is 0.237 e. The summed E-state index contributed by atoms with van der Waals surface area (Å²) in [5.74, 6) is -0.244. The quantitative estimate of drug-likeness (QED) is 0.646. The van der Waals surface area contributed by atoms with Crippen LogP contribution >= 0.6 is 47.0 Å². The number of benzene rings is 1. The number of nitrogens with one attached hydrogen (secondary N) is 1. The first-order valence-electron chi connectivity index (χ1n) is 5.63. The summed E-state index contributed by atoms with van der Waals surface area (Å²) in [5.41, 5.74) is 5.32. The van der Waals surface area contributed by atoms with Gasteiger partial charge in [0.2, 0.25) is 5.91 Å². The zero-order chi connectivity index (χ0) is 14.2. The number of carbonyl (C=O) groups excluding carboxylic acids is 1. The van der Waals surface area contributed by atoms with Crippen LogP contribution in [0, 0.1) is 5.41 Å². The van der Waals surface area contributed by atoms with Crippen molar-refractivity contribution in [3.8, 4) is 0 Å². The third-order valence-electron chi connectivity index (χ3n) is 3.37. The lowest BCUT2D eigenvalue weighted by Crippen LogP contribution is -2.50. The monoisotopic (exact) mass is 336 g/mol. The molecule has 0 bridgehead atoms. The Balaban J connectivity index is 2.24. The fourth-order valence-corrected chi connectivity index (χ4v) is 2.87. The molecule has 1 aliphatic carbocycles. The minimum atomic E-state index is -0.759. The van der Waals surface area contributed by atoms with Gasteiger partial charge in [0.1, 0.15) is 0 Å². The van der Waals surface area contributed by atoms with E-state index in [4.69, 9.17) is 52.8 Å². The van der Waals surface area contributed by atoms with E-state index in [9.17, 15) is 4.79 Å². The molecule has 0 aliphatic heterocycles. The predicted octanol–water partition coefficient (Wildman–Crippen LogP) is 4.04. The number of anilines is 1. The molecule has 1 aromatic rings. The highest BCUT2D eigenvalue weighted by Gasteiger charge is 2.47. The first-order valence-corrected chi connectivity index (χ1v) is 7.17. The highest BCUT2D eigenvalue weighted by molar-refractivity contribution is 7.80. The van der Waals surface area contributed by atoms with Gasteiger partial charge in [-0.05, 0) is 25.0 Å². The summed E-state index contributed by atoms with van der Waals surface area (Å²) in [6.07, 6.45) is 2.25. The van der Waals surface area contributed by atoms with Crippen LogP contribution < -0.4 is 11.1 Å². The second-order valence-electron chi connectivity index (χ2n) is 4.50. The molecule has 1 aliphatic rings. The van der Waals surface area contributed by atoms with Gasteiger partial charge in [-0.25, -0.2) is 0 Å². The predicted molar refractivity (Wildman–Crippen MR) is 83.2 cm³/mol. The van der Waals surface area contributed by atoms with Gasteiger partial charge in [-0.3, -0.25) is 4.79 Å². The molecular weight excluding hydrogens is 327 g/mol. The van der Waals surface area contributed by atoms with Gasteiger partial charge in [-0.1, -0.05) is 53.4 Å². The number of hydrogen-bond donors (Lipinski definition) is 2. The summed E-state index contributed by atoms with van der Waals surface area (Å²) in [4.78, 5) is 12.5. The maximum Gasteiger partial charge on any atom is 0.237 e. The number of amides is 1. The molecule has 3 nitrogen and oxygen atoms in total. The van der Waals surface area contributed by atoms with Crippen LogP contribution in [0.25, 0.3) is 0 Å². The van der Waals surface area contributed by atoms with Gasteiger partial charge in [0.15, 0.2) is 0 Å². The molecule has 0 aromatic heterocycles. The summed E-state index contributed by atoms with van der Waals surface area (Å²) >= 11 is 22.7. The fourth-order valence-electron chi connectivity index (χ4n) is 1.98. The van der Waals surface area contributed by atoms with Crippen LogP contribution in [0.4, 0.5) is 5.69 Å². The van der Waals surface area contributed by atoms with Crippen molar-refractivity contribution in [2.75, 3.05) is 5.32 Å². The summed E-state index contributed by atoms with van der Waals surface area (Å²) in [6.45, 7) is 0. The number of rotatable bonds is 3. The number of thiocarbonyl (C=S) groups is 1. The molecule has 0 saturated heterocycles. The van der Waals surface area contributed by atoms with Crippen molar-refractivity contribution in [3.63, 3.8) is 0 Å². The number of hydrogen-bond acceptors (Lipinski definition) is 2. The molecule has 1 saturated carbocycles. The van der Waals surface area contributed by atoms with E-state index in [1.807, 2.05) is 0 Å². The Labute approximate surface area is 131 Å². The van der Waals surface area contributed by atoms with Gasteiger partial charge in [-0.2, -0.15) is 0 Å². The average Bonchev–Trinajstić information content (AvgIpc) is 2.23. The SMILES string of the molecule is NC(=S)C1(C(=O)Nc2cc(Cl)c(Cl)cc2Cl)CCC1. The Bertz CT molecular complexity index is 558. The molecule has 3 N–H and O–H groups in total. The molecule has 0 radical (unpaired) electrons. The molecule has 0 unspecified atom stereocenters. The molecule has 0 heterocycles. The van der Waals surface area contributed by atoms with Crippen molar-refractivity contribution in [1.82, 2.24) is 0 Å². The van der Waals surface area contributed by atoms with Crippen LogP contribution in [-0.4, -0.2) is 10.9 Å². The van der Waals surface area contributed by atoms with Crippen molar-refractivity contribution in [3.05, 3.63) is 27.2 Å². The fraction of sp³-hybridized carbons (Fsp3) is 0.333. The minimum absolute atomic E-state index is 0.215.